The summed E-state index contributed by atoms with van der Waals surface area (Å²) in [5.74, 6) is -3.87. The van der Waals surface area contributed by atoms with E-state index in [1.54, 1.807) is 19.6 Å². The van der Waals surface area contributed by atoms with Crippen LogP contribution in [0.3, 0.4) is 0 Å². The van der Waals surface area contributed by atoms with Gasteiger partial charge in [0.2, 0.25) is 17.7 Å². The molecule has 1 aliphatic heterocycles. The maximum Gasteiger partial charge on any atom is 0.317 e. The summed E-state index contributed by atoms with van der Waals surface area (Å²) in [4.78, 5) is 79.8. The number of rotatable bonds is 22. The van der Waals surface area contributed by atoms with E-state index < -0.39 is 29.9 Å². The number of nitrogens with two attached hydrogens (primary N) is 1. The summed E-state index contributed by atoms with van der Waals surface area (Å²) in [5.41, 5.74) is 5.33. The van der Waals surface area contributed by atoms with Crippen LogP contribution in [0.2, 0.25) is 0 Å². The summed E-state index contributed by atoms with van der Waals surface area (Å²) in [7, 11) is 0. The summed E-state index contributed by atoms with van der Waals surface area (Å²) in [6.45, 7) is 6.39. The molecule has 1 rings (SSSR count). The molecule has 0 saturated carbocycles. The van der Waals surface area contributed by atoms with E-state index in [2.05, 4.69) is 35.1 Å². The number of amides is 3. The lowest BCUT2D eigenvalue weighted by atomic mass is 10.1. The van der Waals surface area contributed by atoms with Crippen LogP contribution in [0, 0.1) is 11.3 Å². The molecule has 0 aromatic heterocycles. The molecule has 0 aromatic rings. The van der Waals surface area contributed by atoms with E-state index in [4.69, 9.17) is 11.1 Å². The first kappa shape index (κ1) is 45.0. The Kier molecular flexibility index (Phi) is 22.8. The minimum absolute atomic E-state index is 0.00360. The number of carboxylic acids is 3. The zero-order chi connectivity index (χ0) is 38.2. The molecule has 19 nitrogen and oxygen atoms in total. The van der Waals surface area contributed by atoms with E-state index in [1.807, 2.05) is 0 Å². The largest absolute Gasteiger partial charge is 0.480 e. The van der Waals surface area contributed by atoms with Crippen molar-refractivity contribution in [2.75, 3.05) is 98.2 Å². The van der Waals surface area contributed by atoms with E-state index in [-0.39, 0.29) is 109 Å². The van der Waals surface area contributed by atoms with Crippen LogP contribution in [0.1, 0.15) is 52.4 Å². The fourth-order valence-corrected chi connectivity index (χ4v) is 5.44. The summed E-state index contributed by atoms with van der Waals surface area (Å²) < 4.78 is 0. The van der Waals surface area contributed by atoms with E-state index in [0.29, 0.717) is 31.8 Å². The van der Waals surface area contributed by atoms with Gasteiger partial charge in [0.1, 0.15) is 6.04 Å². The van der Waals surface area contributed by atoms with Gasteiger partial charge in [0.15, 0.2) is 5.96 Å². The number of hydrogen-bond acceptors (Lipinski definition) is 11. The molecule has 0 bridgehead atoms. The van der Waals surface area contributed by atoms with Crippen molar-refractivity contribution >= 4 is 41.6 Å². The smallest absolute Gasteiger partial charge is 0.317 e. The van der Waals surface area contributed by atoms with Crippen LogP contribution >= 0.6 is 0 Å². The summed E-state index contributed by atoms with van der Waals surface area (Å²) in [6, 6.07) is -0.798. The van der Waals surface area contributed by atoms with Crippen molar-refractivity contribution in [1.29, 1.82) is 5.41 Å². The van der Waals surface area contributed by atoms with Crippen molar-refractivity contribution in [2.45, 2.75) is 58.4 Å². The molecular formula is C32H60N10O9. The summed E-state index contributed by atoms with van der Waals surface area (Å²) in [6.07, 6.45) is 3.56. The number of carboxylic acid groups (broad SMARTS) is 3. The molecule has 1 aliphatic rings. The van der Waals surface area contributed by atoms with Crippen molar-refractivity contribution in [2.24, 2.45) is 11.7 Å². The Hall–Kier alpha value is -4.07. The van der Waals surface area contributed by atoms with Crippen molar-refractivity contribution in [3.05, 3.63) is 0 Å². The van der Waals surface area contributed by atoms with Crippen LogP contribution in [0.4, 0.5) is 0 Å². The maximum atomic E-state index is 12.9. The predicted octanol–water partition coefficient (Wildman–Crippen LogP) is -2.34. The Morgan fingerprint density at radius 2 is 1.06 bits per heavy atom. The number of guanidine groups is 1. The molecule has 51 heavy (non-hydrogen) atoms. The molecule has 0 aliphatic carbocycles. The van der Waals surface area contributed by atoms with Gasteiger partial charge in [-0.15, -0.1) is 0 Å². The van der Waals surface area contributed by atoms with Crippen LogP contribution in [-0.4, -0.2) is 181 Å². The van der Waals surface area contributed by atoms with E-state index in [1.165, 1.54) is 0 Å². The summed E-state index contributed by atoms with van der Waals surface area (Å²) in [5, 5.41) is 46.4. The normalized spacial score (nSPS) is 16.3. The molecular weight excluding hydrogens is 668 g/mol. The Morgan fingerprint density at radius 3 is 1.49 bits per heavy atom. The average Bonchev–Trinajstić information content (AvgIpc) is 3.02. The Balaban J connectivity index is 2.78. The lowest BCUT2D eigenvalue weighted by molar-refractivity contribution is -0.140. The number of carbonyl (C=O) groups excluding carboxylic acids is 3. The molecule has 1 heterocycles. The SMILES string of the molecule is CC(C)CCCCNC(=O)[C@@H](CCCNC(=N)N)NC(=O)CCNC(=O)CN1CCN(CC(=O)O)CCN(CC(=O)O)CCN(CC(=O)O)CC1. The highest BCUT2D eigenvalue weighted by atomic mass is 16.4. The third-order valence-electron chi connectivity index (χ3n) is 8.19. The zero-order valence-electron chi connectivity index (χ0n) is 30.2. The minimum atomic E-state index is -1.05. The second kappa shape index (κ2) is 25.8. The molecule has 1 fully saturated rings. The van der Waals surface area contributed by atoms with Crippen LogP contribution in [0.25, 0.3) is 0 Å². The number of unbranched alkanes of at least 4 members (excludes halogenated alkanes) is 1. The molecule has 0 spiro atoms. The van der Waals surface area contributed by atoms with Gasteiger partial charge >= 0.3 is 17.9 Å². The van der Waals surface area contributed by atoms with Gasteiger partial charge < -0.3 is 42.3 Å². The average molecular weight is 729 g/mol. The predicted molar refractivity (Wildman–Crippen MR) is 189 cm³/mol. The maximum absolute atomic E-state index is 12.9. The Bertz CT molecular complexity index is 1100. The number of hydrogen-bond donors (Lipinski definition) is 9. The molecule has 0 radical (unpaired) electrons. The Morgan fingerprint density at radius 1 is 0.608 bits per heavy atom. The summed E-state index contributed by atoms with van der Waals surface area (Å²) >= 11 is 0. The lowest BCUT2D eigenvalue weighted by Crippen LogP contribution is -2.50. The molecule has 10 N–H and O–H groups in total. The number of carbonyl (C=O) groups is 6. The topological polar surface area (TPSA) is 274 Å². The van der Waals surface area contributed by atoms with Crippen LogP contribution in [0.15, 0.2) is 0 Å². The van der Waals surface area contributed by atoms with Gasteiger partial charge in [0.05, 0.1) is 26.2 Å². The molecule has 3 amide bonds. The third kappa shape index (κ3) is 23.9. The van der Waals surface area contributed by atoms with Gasteiger partial charge in [-0.1, -0.05) is 26.7 Å². The van der Waals surface area contributed by atoms with Gasteiger partial charge in [-0.3, -0.25) is 53.8 Å². The first-order valence-corrected chi connectivity index (χ1v) is 17.6. The van der Waals surface area contributed by atoms with Gasteiger partial charge in [0, 0.05) is 78.4 Å². The fraction of sp³-hybridized carbons (Fsp3) is 0.781. The van der Waals surface area contributed by atoms with Gasteiger partial charge in [-0.2, -0.15) is 0 Å². The number of aliphatic carboxylic acids is 3. The van der Waals surface area contributed by atoms with Gasteiger partial charge in [0.25, 0.3) is 0 Å². The van der Waals surface area contributed by atoms with Crippen molar-refractivity contribution < 1.29 is 44.1 Å². The quantitative estimate of drug-likeness (QED) is 0.0321. The number of nitrogens with zero attached hydrogens (tertiary/aromatic N) is 4. The first-order chi connectivity index (χ1) is 24.1. The second-order valence-electron chi connectivity index (χ2n) is 13.2. The highest BCUT2D eigenvalue weighted by Crippen LogP contribution is 2.06. The molecule has 0 aromatic carbocycles. The minimum Gasteiger partial charge on any atom is -0.480 e. The molecule has 0 unspecified atom stereocenters. The molecule has 19 heteroatoms. The highest BCUT2D eigenvalue weighted by molar-refractivity contribution is 5.88. The van der Waals surface area contributed by atoms with Crippen LogP contribution in [0.5, 0.6) is 0 Å². The monoisotopic (exact) mass is 728 g/mol. The van der Waals surface area contributed by atoms with Crippen LogP contribution < -0.4 is 27.0 Å². The van der Waals surface area contributed by atoms with E-state index in [0.717, 1.165) is 19.3 Å². The lowest BCUT2D eigenvalue weighted by Gasteiger charge is -2.32. The highest BCUT2D eigenvalue weighted by Gasteiger charge is 2.22. The van der Waals surface area contributed by atoms with Gasteiger partial charge in [-0.05, 0) is 25.2 Å². The van der Waals surface area contributed by atoms with Crippen molar-refractivity contribution in [3.63, 3.8) is 0 Å². The first-order valence-electron chi connectivity index (χ1n) is 17.6. The fourth-order valence-electron chi connectivity index (χ4n) is 5.44. The molecule has 1 atom stereocenters. The van der Waals surface area contributed by atoms with E-state index >= 15 is 0 Å². The molecule has 292 valence electrons. The zero-order valence-corrected chi connectivity index (χ0v) is 30.2. The number of nitrogens with one attached hydrogen (secondary N) is 5. The van der Waals surface area contributed by atoms with Crippen LogP contribution in [-0.2, 0) is 28.8 Å². The van der Waals surface area contributed by atoms with Crippen molar-refractivity contribution in [3.8, 4) is 0 Å². The standard InChI is InChI=1S/C32H60N10O9/c1-24(2)6-3-4-9-36-31(51)25(7-5-10-37-32(33)34)38-26(43)8-11-35-27(44)20-39-12-14-40(21-28(45)46)16-18-42(23-30(49)50)19-17-41(15-13-39)22-29(47)48/h24-25H,3-23H2,1-2H3,(H,35,44)(H,36,51)(H,38,43)(H,45,46)(H,47,48)(H,49,50)(H4,33,34,37)/t25-/m1/s1. The van der Waals surface area contributed by atoms with Gasteiger partial charge in [-0.25, -0.2) is 0 Å². The molecule has 1 saturated heterocycles. The Labute approximate surface area is 300 Å². The third-order valence-corrected chi connectivity index (χ3v) is 8.19. The second-order valence-corrected chi connectivity index (χ2v) is 13.2. The van der Waals surface area contributed by atoms with Crippen molar-refractivity contribution in [1.82, 2.24) is 40.9 Å². The van der Waals surface area contributed by atoms with E-state index in [9.17, 15) is 44.1 Å².